The van der Waals surface area contributed by atoms with E-state index in [-0.39, 0.29) is 18.1 Å². The van der Waals surface area contributed by atoms with Gasteiger partial charge in [0.05, 0.1) is 12.1 Å². The van der Waals surface area contributed by atoms with Crippen molar-refractivity contribution in [3.8, 4) is 11.3 Å². The number of aromatic nitrogens is 2. The molecule has 5 aromatic rings. The predicted octanol–water partition coefficient (Wildman–Crippen LogP) is 5.54. The third kappa shape index (κ3) is 3.39. The number of benzene rings is 3. The van der Waals surface area contributed by atoms with Crippen LogP contribution in [0.15, 0.2) is 78.3 Å². The normalized spacial score (nSPS) is 11.2. The highest BCUT2D eigenvalue weighted by Crippen LogP contribution is 2.26. The van der Waals surface area contributed by atoms with E-state index in [0.717, 1.165) is 38.4 Å². The molecular formula is C23H16FN3OS. The highest BCUT2D eigenvalue weighted by molar-refractivity contribution is 7.15. The van der Waals surface area contributed by atoms with Crippen molar-refractivity contribution < 1.29 is 9.18 Å². The van der Waals surface area contributed by atoms with Crippen molar-refractivity contribution in [2.45, 2.75) is 6.42 Å². The highest BCUT2D eigenvalue weighted by atomic mass is 32.1. The lowest BCUT2D eigenvalue weighted by Crippen LogP contribution is -2.15. The molecule has 0 aliphatic carbocycles. The van der Waals surface area contributed by atoms with E-state index in [2.05, 4.69) is 10.3 Å². The van der Waals surface area contributed by atoms with Gasteiger partial charge in [0.2, 0.25) is 5.91 Å². The topological polar surface area (TPSA) is 46.4 Å². The van der Waals surface area contributed by atoms with Gasteiger partial charge in [-0.2, -0.15) is 0 Å². The quantitative estimate of drug-likeness (QED) is 0.430. The SMILES string of the molecule is O=C(Cc1csc2nc(-c3ccc(F)cc3)cn12)Nc1cccc2ccccc12. The van der Waals surface area contributed by atoms with E-state index >= 15 is 0 Å². The Kier molecular flexibility index (Phi) is 4.33. The number of anilines is 1. The molecule has 0 spiro atoms. The zero-order valence-corrected chi connectivity index (χ0v) is 16.1. The molecule has 142 valence electrons. The molecule has 4 nitrogen and oxygen atoms in total. The van der Waals surface area contributed by atoms with Crippen LogP contribution in [0.1, 0.15) is 5.69 Å². The van der Waals surface area contributed by atoms with Gasteiger partial charge in [0.1, 0.15) is 5.82 Å². The van der Waals surface area contributed by atoms with E-state index in [9.17, 15) is 9.18 Å². The number of hydrogen-bond acceptors (Lipinski definition) is 3. The monoisotopic (exact) mass is 401 g/mol. The molecule has 0 saturated carbocycles. The maximum absolute atomic E-state index is 13.2. The van der Waals surface area contributed by atoms with Gasteiger partial charge >= 0.3 is 0 Å². The van der Waals surface area contributed by atoms with E-state index in [1.165, 1.54) is 23.5 Å². The number of fused-ring (bicyclic) bond motifs is 2. The zero-order valence-electron chi connectivity index (χ0n) is 15.3. The summed E-state index contributed by atoms with van der Waals surface area (Å²) in [7, 11) is 0. The summed E-state index contributed by atoms with van der Waals surface area (Å²) in [6.07, 6.45) is 2.13. The van der Waals surface area contributed by atoms with Crippen molar-refractivity contribution in [2.24, 2.45) is 0 Å². The summed E-state index contributed by atoms with van der Waals surface area (Å²) in [6, 6.07) is 20.1. The molecule has 5 rings (SSSR count). The summed E-state index contributed by atoms with van der Waals surface area (Å²) in [6.45, 7) is 0. The van der Waals surface area contributed by atoms with Crippen molar-refractivity contribution in [3.05, 3.63) is 89.8 Å². The summed E-state index contributed by atoms with van der Waals surface area (Å²) < 4.78 is 15.1. The Morgan fingerprint density at radius 1 is 1.03 bits per heavy atom. The number of amides is 1. The molecule has 0 bridgehead atoms. The second-order valence-electron chi connectivity index (χ2n) is 6.76. The Morgan fingerprint density at radius 3 is 2.69 bits per heavy atom. The van der Waals surface area contributed by atoms with E-state index in [4.69, 9.17) is 0 Å². The molecule has 0 fully saturated rings. The Bertz CT molecular complexity index is 1330. The van der Waals surface area contributed by atoms with Gasteiger partial charge in [0.15, 0.2) is 4.96 Å². The number of carbonyl (C=O) groups excluding carboxylic acids is 1. The summed E-state index contributed by atoms with van der Waals surface area (Å²) in [5.74, 6) is -0.362. The lowest BCUT2D eigenvalue weighted by molar-refractivity contribution is -0.115. The number of imidazole rings is 1. The minimum Gasteiger partial charge on any atom is -0.325 e. The molecule has 0 aliphatic heterocycles. The number of nitrogens with one attached hydrogen (secondary N) is 1. The first-order chi connectivity index (χ1) is 14.2. The lowest BCUT2D eigenvalue weighted by Gasteiger charge is -2.08. The van der Waals surface area contributed by atoms with Gasteiger partial charge in [-0.25, -0.2) is 9.37 Å². The molecule has 0 atom stereocenters. The second-order valence-corrected chi connectivity index (χ2v) is 7.60. The number of nitrogens with zero attached hydrogens (tertiary/aromatic N) is 2. The van der Waals surface area contributed by atoms with Gasteiger partial charge in [0.25, 0.3) is 0 Å². The van der Waals surface area contributed by atoms with Crippen LogP contribution in [0.4, 0.5) is 10.1 Å². The largest absolute Gasteiger partial charge is 0.325 e. The first-order valence-corrected chi connectivity index (χ1v) is 10.0. The van der Waals surface area contributed by atoms with Crippen LogP contribution in [-0.4, -0.2) is 15.3 Å². The van der Waals surface area contributed by atoms with Crippen molar-refractivity contribution in [2.75, 3.05) is 5.32 Å². The summed E-state index contributed by atoms with van der Waals surface area (Å²) in [4.78, 5) is 18.1. The Hall–Kier alpha value is -3.51. The van der Waals surface area contributed by atoms with Gasteiger partial charge in [-0.3, -0.25) is 9.20 Å². The van der Waals surface area contributed by atoms with Crippen LogP contribution in [-0.2, 0) is 11.2 Å². The minimum absolute atomic E-state index is 0.0851. The molecule has 2 heterocycles. The maximum Gasteiger partial charge on any atom is 0.230 e. The fourth-order valence-corrected chi connectivity index (χ4v) is 4.28. The van der Waals surface area contributed by atoms with Gasteiger partial charge in [-0.15, -0.1) is 11.3 Å². The molecule has 29 heavy (non-hydrogen) atoms. The zero-order chi connectivity index (χ0) is 19.8. The molecule has 0 unspecified atom stereocenters. The van der Waals surface area contributed by atoms with Crippen LogP contribution in [0, 0.1) is 5.82 Å². The van der Waals surface area contributed by atoms with E-state index in [0.29, 0.717) is 0 Å². The van der Waals surface area contributed by atoms with Crippen molar-refractivity contribution in [3.63, 3.8) is 0 Å². The van der Waals surface area contributed by atoms with Crippen molar-refractivity contribution in [1.29, 1.82) is 0 Å². The van der Waals surface area contributed by atoms with Crippen LogP contribution in [0.3, 0.4) is 0 Å². The third-order valence-electron chi connectivity index (χ3n) is 4.83. The molecule has 0 aliphatic rings. The molecule has 6 heteroatoms. The average Bonchev–Trinajstić information content (AvgIpc) is 3.31. The Morgan fingerprint density at radius 2 is 1.83 bits per heavy atom. The number of rotatable bonds is 4. The fraction of sp³-hybridized carbons (Fsp3) is 0.0435. The molecular weight excluding hydrogens is 385 g/mol. The Labute approximate surface area is 170 Å². The second kappa shape index (κ2) is 7.14. The van der Waals surface area contributed by atoms with Crippen LogP contribution in [0.2, 0.25) is 0 Å². The Balaban J connectivity index is 1.40. The third-order valence-corrected chi connectivity index (χ3v) is 5.72. The smallest absolute Gasteiger partial charge is 0.230 e. The number of thiazole rings is 1. The molecule has 1 N–H and O–H groups in total. The van der Waals surface area contributed by atoms with E-state index in [1.807, 2.05) is 58.4 Å². The summed E-state index contributed by atoms with van der Waals surface area (Å²) >= 11 is 1.48. The fourth-order valence-electron chi connectivity index (χ4n) is 3.41. The lowest BCUT2D eigenvalue weighted by atomic mass is 10.1. The highest BCUT2D eigenvalue weighted by Gasteiger charge is 2.13. The van der Waals surface area contributed by atoms with Gasteiger partial charge in [-0.1, -0.05) is 36.4 Å². The van der Waals surface area contributed by atoms with Gasteiger partial charge < -0.3 is 5.32 Å². The minimum atomic E-state index is -0.277. The number of carbonyl (C=O) groups is 1. The molecule has 3 aromatic carbocycles. The van der Waals surface area contributed by atoms with Crippen LogP contribution in [0.25, 0.3) is 27.0 Å². The van der Waals surface area contributed by atoms with E-state index in [1.54, 1.807) is 12.1 Å². The van der Waals surface area contributed by atoms with Crippen molar-refractivity contribution in [1.82, 2.24) is 9.38 Å². The standard InChI is InChI=1S/C23H16FN3OS/c24-17-10-8-16(9-11-17)21-13-27-18(14-29-23(27)26-21)12-22(28)25-20-7-3-5-15-4-1-2-6-19(15)20/h1-11,13-14H,12H2,(H,25,28). The predicted molar refractivity (Wildman–Crippen MR) is 115 cm³/mol. The van der Waals surface area contributed by atoms with Gasteiger partial charge in [0, 0.05) is 33.9 Å². The number of halogens is 1. The van der Waals surface area contributed by atoms with Crippen LogP contribution >= 0.6 is 11.3 Å². The summed E-state index contributed by atoms with van der Waals surface area (Å²) in [5.41, 5.74) is 3.27. The first kappa shape index (κ1) is 17.6. The first-order valence-electron chi connectivity index (χ1n) is 9.16. The molecule has 0 radical (unpaired) electrons. The molecule has 2 aromatic heterocycles. The number of hydrogen-bond donors (Lipinski definition) is 1. The van der Waals surface area contributed by atoms with Crippen LogP contribution in [0.5, 0.6) is 0 Å². The molecule has 1 amide bonds. The molecule has 0 saturated heterocycles. The summed E-state index contributed by atoms with van der Waals surface area (Å²) in [5, 5.41) is 7.07. The van der Waals surface area contributed by atoms with Gasteiger partial charge in [-0.05, 0) is 35.7 Å². The van der Waals surface area contributed by atoms with Crippen LogP contribution < -0.4 is 5.32 Å². The van der Waals surface area contributed by atoms with Crippen molar-refractivity contribution >= 4 is 38.7 Å². The van der Waals surface area contributed by atoms with E-state index < -0.39 is 0 Å². The average molecular weight is 401 g/mol. The maximum atomic E-state index is 13.2.